The molecule has 0 fully saturated rings. The Morgan fingerprint density at radius 1 is 1.47 bits per heavy atom. The van der Waals surface area contributed by atoms with Gasteiger partial charge in [0.05, 0.1) is 19.3 Å². The van der Waals surface area contributed by atoms with Crippen molar-refractivity contribution in [3.8, 4) is 5.75 Å². The number of aromatic nitrogens is 2. The molecule has 0 aliphatic heterocycles. The van der Waals surface area contributed by atoms with Gasteiger partial charge in [-0.05, 0) is 12.5 Å². The van der Waals surface area contributed by atoms with E-state index in [2.05, 4.69) is 10.5 Å². The van der Waals surface area contributed by atoms with Crippen LogP contribution in [0.2, 0.25) is 0 Å². The summed E-state index contributed by atoms with van der Waals surface area (Å²) in [7, 11) is 3.30. The number of ether oxygens (including phenoxy) is 1. The first-order valence-electron chi connectivity index (χ1n) is 5.87. The quantitative estimate of drug-likeness (QED) is 0.647. The maximum Gasteiger partial charge on any atom is 0.161 e. The molecule has 102 valence electrons. The van der Waals surface area contributed by atoms with Crippen LogP contribution in [-0.4, -0.2) is 16.9 Å². The Morgan fingerprint density at radius 3 is 2.84 bits per heavy atom. The van der Waals surface area contributed by atoms with Crippen LogP contribution in [-0.2, 0) is 7.05 Å². The summed E-state index contributed by atoms with van der Waals surface area (Å²) in [6.07, 6.45) is 1.58. The highest BCUT2D eigenvalue weighted by molar-refractivity contribution is 5.38. The SMILES string of the molecule is COc1cnn(C)c1C(NN)c1cccc(C)c1F. The van der Waals surface area contributed by atoms with E-state index in [1.807, 2.05) is 0 Å². The van der Waals surface area contributed by atoms with Gasteiger partial charge in [-0.25, -0.2) is 9.82 Å². The van der Waals surface area contributed by atoms with E-state index in [4.69, 9.17) is 10.6 Å². The fourth-order valence-electron chi connectivity index (χ4n) is 2.12. The summed E-state index contributed by atoms with van der Waals surface area (Å²) in [5.41, 5.74) is 4.33. The van der Waals surface area contributed by atoms with Crippen molar-refractivity contribution < 1.29 is 9.13 Å². The standard InChI is InChI=1S/C13H17FN4O/c1-8-5-4-6-9(11(8)14)12(17-15)13-10(19-3)7-16-18(13)2/h4-7,12,17H,15H2,1-3H3. The minimum atomic E-state index is -0.526. The highest BCUT2D eigenvalue weighted by Gasteiger charge is 2.24. The van der Waals surface area contributed by atoms with E-state index in [-0.39, 0.29) is 5.82 Å². The molecule has 0 spiro atoms. The number of hydrogen-bond acceptors (Lipinski definition) is 4. The van der Waals surface area contributed by atoms with Gasteiger partial charge in [-0.2, -0.15) is 5.10 Å². The third kappa shape index (κ3) is 2.32. The van der Waals surface area contributed by atoms with E-state index in [9.17, 15) is 4.39 Å². The van der Waals surface area contributed by atoms with Crippen molar-refractivity contribution in [2.75, 3.05) is 7.11 Å². The van der Waals surface area contributed by atoms with E-state index in [1.165, 1.54) is 0 Å². The zero-order valence-electron chi connectivity index (χ0n) is 11.1. The van der Waals surface area contributed by atoms with E-state index in [0.717, 1.165) is 0 Å². The first kappa shape index (κ1) is 13.5. The van der Waals surface area contributed by atoms with Crippen molar-refractivity contribution in [2.24, 2.45) is 12.9 Å². The Morgan fingerprint density at radius 2 is 2.21 bits per heavy atom. The van der Waals surface area contributed by atoms with Crippen molar-refractivity contribution in [1.29, 1.82) is 0 Å². The number of hydrazine groups is 1. The summed E-state index contributed by atoms with van der Waals surface area (Å²) in [5, 5.41) is 4.11. The van der Waals surface area contributed by atoms with Crippen molar-refractivity contribution in [1.82, 2.24) is 15.2 Å². The molecular formula is C13H17FN4O. The van der Waals surface area contributed by atoms with Crippen molar-refractivity contribution >= 4 is 0 Å². The van der Waals surface area contributed by atoms with Crippen LogP contribution in [0, 0.1) is 12.7 Å². The van der Waals surface area contributed by atoms with E-state index in [0.29, 0.717) is 22.6 Å². The molecule has 19 heavy (non-hydrogen) atoms. The van der Waals surface area contributed by atoms with Gasteiger partial charge in [-0.15, -0.1) is 0 Å². The van der Waals surface area contributed by atoms with Crippen LogP contribution in [0.15, 0.2) is 24.4 Å². The average Bonchev–Trinajstić information content (AvgIpc) is 2.77. The number of nitrogens with two attached hydrogens (primary N) is 1. The van der Waals surface area contributed by atoms with Crippen LogP contribution in [0.3, 0.4) is 0 Å². The van der Waals surface area contributed by atoms with Gasteiger partial charge in [0.25, 0.3) is 0 Å². The second-order valence-electron chi connectivity index (χ2n) is 4.30. The van der Waals surface area contributed by atoms with Crippen LogP contribution in [0.1, 0.15) is 22.9 Å². The van der Waals surface area contributed by atoms with Crippen molar-refractivity contribution in [2.45, 2.75) is 13.0 Å². The van der Waals surface area contributed by atoms with Gasteiger partial charge in [0.2, 0.25) is 0 Å². The van der Waals surface area contributed by atoms with Crippen LogP contribution in [0.4, 0.5) is 4.39 Å². The van der Waals surface area contributed by atoms with Gasteiger partial charge >= 0.3 is 0 Å². The third-order valence-electron chi connectivity index (χ3n) is 3.14. The minimum absolute atomic E-state index is 0.284. The molecule has 1 aromatic carbocycles. The lowest BCUT2D eigenvalue weighted by Crippen LogP contribution is -2.31. The minimum Gasteiger partial charge on any atom is -0.493 e. The molecule has 0 aliphatic carbocycles. The molecule has 0 saturated carbocycles. The summed E-state index contributed by atoms with van der Waals surface area (Å²) >= 11 is 0. The number of rotatable bonds is 4. The molecule has 0 amide bonds. The number of benzene rings is 1. The average molecular weight is 264 g/mol. The molecule has 0 radical (unpaired) electrons. The fourth-order valence-corrected chi connectivity index (χ4v) is 2.12. The number of nitrogens with one attached hydrogen (secondary N) is 1. The van der Waals surface area contributed by atoms with E-state index >= 15 is 0 Å². The molecule has 1 heterocycles. The number of methoxy groups -OCH3 is 1. The lowest BCUT2D eigenvalue weighted by molar-refractivity contribution is 0.399. The predicted molar refractivity (Wildman–Crippen MR) is 70.1 cm³/mol. The molecule has 2 aromatic rings. The fraction of sp³-hybridized carbons (Fsp3) is 0.308. The molecular weight excluding hydrogens is 247 g/mol. The Labute approximate surface area is 111 Å². The summed E-state index contributed by atoms with van der Waals surface area (Å²) in [4.78, 5) is 0. The number of nitrogens with zero attached hydrogens (tertiary/aromatic N) is 2. The third-order valence-corrected chi connectivity index (χ3v) is 3.14. The molecule has 0 saturated heterocycles. The lowest BCUT2D eigenvalue weighted by atomic mass is 10.0. The second kappa shape index (κ2) is 5.38. The largest absolute Gasteiger partial charge is 0.493 e. The Bertz CT molecular complexity index is 582. The molecule has 1 aromatic heterocycles. The summed E-state index contributed by atoms with van der Waals surface area (Å²) in [6, 6.07) is 4.68. The van der Waals surface area contributed by atoms with Gasteiger partial charge in [-0.3, -0.25) is 10.5 Å². The molecule has 0 aliphatic rings. The number of halogens is 1. The molecule has 6 heteroatoms. The first-order chi connectivity index (χ1) is 9.10. The van der Waals surface area contributed by atoms with Crippen LogP contribution in [0.5, 0.6) is 5.75 Å². The van der Waals surface area contributed by atoms with Crippen molar-refractivity contribution in [3.05, 3.63) is 47.0 Å². The number of aryl methyl sites for hydroxylation is 2. The summed E-state index contributed by atoms with van der Waals surface area (Å²) < 4.78 is 21.1. The van der Waals surface area contributed by atoms with E-state index < -0.39 is 6.04 Å². The Balaban J connectivity index is 2.56. The Hall–Kier alpha value is -1.92. The summed E-state index contributed by atoms with van der Waals surface area (Å²) in [6.45, 7) is 1.72. The molecule has 0 bridgehead atoms. The van der Waals surface area contributed by atoms with Crippen LogP contribution >= 0.6 is 0 Å². The topological polar surface area (TPSA) is 65.1 Å². The van der Waals surface area contributed by atoms with Gasteiger partial charge in [0.1, 0.15) is 11.5 Å². The van der Waals surface area contributed by atoms with Crippen molar-refractivity contribution in [3.63, 3.8) is 0 Å². The van der Waals surface area contributed by atoms with Gasteiger partial charge in [-0.1, -0.05) is 18.2 Å². The normalized spacial score (nSPS) is 12.5. The number of hydrogen-bond donors (Lipinski definition) is 2. The highest BCUT2D eigenvalue weighted by Crippen LogP contribution is 2.30. The zero-order valence-corrected chi connectivity index (χ0v) is 11.1. The molecule has 3 N–H and O–H groups in total. The zero-order chi connectivity index (χ0) is 14.0. The second-order valence-corrected chi connectivity index (χ2v) is 4.30. The molecule has 1 unspecified atom stereocenters. The maximum absolute atomic E-state index is 14.2. The molecule has 5 nitrogen and oxygen atoms in total. The predicted octanol–water partition coefficient (Wildman–Crippen LogP) is 1.43. The van der Waals surface area contributed by atoms with Gasteiger partial charge < -0.3 is 4.74 Å². The van der Waals surface area contributed by atoms with E-state index in [1.54, 1.807) is 50.2 Å². The lowest BCUT2D eigenvalue weighted by Gasteiger charge is -2.19. The van der Waals surface area contributed by atoms with Gasteiger partial charge in [0, 0.05) is 12.6 Å². The highest BCUT2D eigenvalue weighted by atomic mass is 19.1. The van der Waals surface area contributed by atoms with Crippen LogP contribution < -0.4 is 16.0 Å². The van der Waals surface area contributed by atoms with Crippen LogP contribution in [0.25, 0.3) is 0 Å². The Kier molecular flexibility index (Phi) is 3.82. The monoisotopic (exact) mass is 264 g/mol. The van der Waals surface area contributed by atoms with Gasteiger partial charge in [0.15, 0.2) is 5.75 Å². The maximum atomic E-state index is 14.2. The molecule has 1 atom stereocenters. The molecule has 2 rings (SSSR count). The smallest absolute Gasteiger partial charge is 0.161 e. The summed E-state index contributed by atoms with van der Waals surface area (Å²) in [5.74, 6) is 5.87. The first-order valence-corrected chi connectivity index (χ1v) is 5.87.